The highest BCUT2D eigenvalue weighted by Crippen LogP contribution is 2.29. The zero-order valence-electron chi connectivity index (χ0n) is 18.8. The summed E-state index contributed by atoms with van der Waals surface area (Å²) < 4.78 is 15.9. The van der Waals surface area contributed by atoms with Crippen LogP contribution in [0.15, 0.2) is 23.4 Å². The first-order chi connectivity index (χ1) is 15.1. The number of carbonyl (C=O) groups excluding carboxylic acids is 1. The lowest BCUT2D eigenvalue weighted by Crippen LogP contribution is -2.60. The van der Waals surface area contributed by atoms with Gasteiger partial charge in [-0.05, 0) is 11.6 Å². The Kier molecular flexibility index (Phi) is 11.2. The number of ether oxygens (including phenoxy) is 3. The van der Waals surface area contributed by atoms with Gasteiger partial charge < -0.3 is 34.8 Å². The molecule has 5 atom stereocenters. The second-order valence-corrected chi connectivity index (χ2v) is 7.22. The molecule has 0 spiro atoms. The number of nitrogens with one attached hydrogen (secondary N) is 1. The molecule has 2 rings (SSSR count). The second kappa shape index (κ2) is 13.1. The van der Waals surface area contributed by atoms with Crippen molar-refractivity contribution in [2.75, 3.05) is 0 Å². The Bertz CT molecular complexity index is 772. The summed E-state index contributed by atoms with van der Waals surface area (Å²) in [5, 5.41) is 35.2. The maximum absolute atomic E-state index is 11.3. The molecule has 0 radical (unpaired) electrons. The van der Waals surface area contributed by atoms with Crippen molar-refractivity contribution in [3.05, 3.63) is 34.2 Å². The van der Waals surface area contributed by atoms with Gasteiger partial charge in [0.25, 0.3) is 0 Å². The smallest absolute Gasteiger partial charge is 0.335 e. The Labute approximate surface area is 186 Å². The summed E-state index contributed by atoms with van der Waals surface area (Å²) in [4.78, 5) is 33.6. The third-order valence-electron chi connectivity index (χ3n) is 4.45. The van der Waals surface area contributed by atoms with Gasteiger partial charge >= 0.3 is 11.9 Å². The molecule has 32 heavy (non-hydrogen) atoms. The number of hydrogen-bond donors (Lipinski definition) is 4. The summed E-state index contributed by atoms with van der Waals surface area (Å²) in [5.74, 6) is -1.77. The van der Waals surface area contributed by atoms with Crippen molar-refractivity contribution in [1.82, 2.24) is 5.32 Å². The highest BCUT2D eigenvalue weighted by atomic mass is 16.7. The highest BCUT2D eigenvalue weighted by Gasteiger charge is 2.50. The van der Waals surface area contributed by atoms with Crippen molar-refractivity contribution < 1.29 is 39.1 Å². The molecular weight excluding hydrogens is 424 g/mol. The van der Waals surface area contributed by atoms with E-state index in [0.717, 1.165) is 0 Å². The Morgan fingerprint density at radius 3 is 2.41 bits per heavy atom. The molecule has 5 unspecified atom stereocenters. The van der Waals surface area contributed by atoms with Gasteiger partial charge in [0.15, 0.2) is 12.1 Å². The fourth-order valence-corrected chi connectivity index (χ4v) is 2.83. The van der Waals surface area contributed by atoms with Gasteiger partial charge in [-0.25, -0.2) is 4.79 Å². The van der Waals surface area contributed by atoms with E-state index in [1.165, 1.54) is 6.92 Å². The fourth-order valence-electron chi connectivity index (χ4n) is 2.83. The molecule has 0 saturated carbocycles. The molecule has 0 aliphatic carbocycles. The van der Waals surface area contributed by atoms with Crippen LogP contribution in [0.1, 0.15) is 45.7 Å². The molecule has 1 aliphatic heterocycles. The van der Waals surface area contributed by atoms with Crippen LogP contribution in [0.2, 0.25) is 0 Å². The monoisotopic (exact) mass is 456 g/mol. The Morgan fingerprint density at radius 2 is 1.88 bits per heavy atom. The molecule has 0 amide bonds. The van der Waals surface area contributed by atoms with Crippen LogP contribution >= 0.6 is 0 Å². The number of hydrogen-bond acceptors (Lipinski definition) is 10. The third-order valence-corrected chi connectivity index (χ3v) is 4.45. The van der Waals surface area contributed by atoms with Crippen molar-refractivity contribution in [1.29, 1.82) is 0 Å². The summed E-state index contributed by atoms with van der Waals surface area (Å²) in [5.41, 5.74) is 1.23. The van der Waals surface area contributed by atoms with E-state index < -0.39 is 42.6 Å². The van der Waals surface area contributed by atoms with Crippen molar-refractivity contribution in [3.63, 3.8) is 0 Å². The molecule has 180 valence electrons. The van der Waals surface area contributed by atoms with Crippen LogP contribution in [0.25, 0.3) is 0 Å². The van der Waals surface area contributed by atoms with Crippen molar-refractivity contribution >= 4 is 11.9 Å². The Balaban J connectivity index is 0.00000249. The van der Waals surface area contributed by atoms with Gasteiger partial charge in [0, 0.05) is 25.1 Å². The Morgan fingerprint density at radius 1 is 1.22 bits per heavy atom. The van der Waals surface area contributed by atoms with Gasteiger partial charge in [0.1, 0.15) is 24.6 Å². The zero-order valence-corrected chi connectivity index (χ0v) is 18.8. The lowest BCUT2D eigenvalue weighted by molar-refractivity contribution is -0.236. The van der Waals surface area contributed by atoms with Gasteiger partial charge in [-0.15, -0.1) is 0 Å². The number of aliphatic carboxylic acids is 1. The predicted octanol–water partition coefficient (Wildman–Crippen LogP) is 1.32. The van der Waals surface area contributed by atoms with E-state index in [9.17, 15) is 29.8 Å². The van der Waals surface area contributed by atoms with Crippen LogP contribution < -0.4 is 10.1 Å². The number of carbonyl (C=O) groups is 2. The number of carboxylic acids is 1. The maximum Gasteiger partial charge on any atom is 0.335 e. The topological polar surface area (TPSA) is 164 Å². The predicted molar refractivity (Wildman–Crippen MR) is 114 cm³/mol. The van der Waals surface area contributed by atoms with Gasteiger partial charge in [-0.3, -0.25) is 4.79 Å². The number of benzene rings is 1. The number of esters is 1. The van der Waals surface area contributed by atoms with E-state index in [0.29, 0.717) is 17.7 Å². The number of carboxylic acid groups (broad SMARTS) is 1. The second-order valence-electron chi connectivity index (χ2n) is 7.22. The molecule has 0 bridgehead atoms. The number of rotatable bonds is 9. The molecule has 4 N–H and O–H groups in total. The van der Waals surface area contributed by atoms with Crippen LogP contribution in [0.3, 0.4) is 0 Å². The molecule has 1 fully saturated rings. The molecular formula is C21H32N2O9. The quantitative estimate of drug-likeness (QED) is 0.315. The van der Waals surface area contributed by atoms with E-state index in [1.54, 1.807) is 18.2 Å². The van der Waals surface area contributed by atoms with Crippen molar-refractivity contribution in [2.24, 2.45) is 5.18 Å². The first kappa shape index (κ1) is 27.4. The summed E-state index contributed by atoms with van der Waals surface area (Å²) in [6, 6.07) is 3.60. The lowest BCUT2D eigenvalue weighted by atomic mass is 9.97. The van der Waals surface area contributed by atoms with Crippen LogP contribution in [-0.4, -0.2) is 63.9 Å². The van der Waals surface area contributed by atoms with Crippen LogP contribution in [-0.2, 0) is 32.2 Å². The molecule has 11 heteroatoms. The first-order valence-corrected chi connectivity index (χ1v) is 10.4. The molecule has 1 saturated heterocycles. The van der Waals surface area contributed by atoms with Gasteiger partial charge in [-0.1, -0.05) is 45.0 Å². The van der Waals surface area contributed by atoms with Crippen molar-refractivity contribution in [3.8, 4) is 5.75 Å². The fraction of sp³-hybridized carbons (Fsp3) is 0.619. The van der Waals surface area contributed by atoms with Crippen LogP contribution in [0.5, 0.6) is 5.75 Å². The van der Waals surface area contributed by atoms with E-state index in [1.807, 2.05) is 27.7 Å². The summed E-state index contributed by atoms with van der Waals surface area (Å²) in [7, 11) is 0. The van der Waals surface area contributed by atoms with E-state index in [-0.39, 0.29) is 18.4 Å². The Hall–Kier alpha value is -2.60. The van der Waals surface area contributed by atoms with Gasteiger partial charge in [0.05, 0.1) is 0 Å². The van der Waals surface area contributed by atoms with E-state index >= 15 is 0 Å². The molecule has 1 aromatic carbocycles. The minimum Gasteiger partial charge on any atom is -0.479 e. The lowest BCUT2D eigenvalue weighted by Gasteiger charge is -2.38. The average Bonchev–Trinajstić information content (AvgIpc) is 2.75. The number of aliphatic hydroxyl groups excluding tert-OH is 2. The molecule has 0 aromatic heterocycles. The molecule has 11 nitrogen and oxygen atoms in total. The zero-order chi connectivity index (χ0) is 24.4. The minimum atomic E-state index is -1.84. The minimum absolute atomic E-state index is 0.0243. The van der Waals surface area contributed by atoms with Crippen molar-refractivity contribution in [2.45, 2.75) is 84.5 Å². The largest absolute Gasteiger partial charge is 0.479 e. The summed E-state index contributed by atoms with van der Waals surface area (Å²) >= 11 is 0. The first-order valence-electron chi connectivity index (χ1n) is 10.4. The van der Waals surface area contributed by atoms with Crippen LogP contribution in [0.4, 0.5) is 0 Å². The van der Waals surface area contributed by atoms with Crippen LogP contribution in [0, 0.1) is 4.91 Å². The maximum atomic E-state index is 11.3. The molecule has 1 heterocycles. The summed E-state index contributed by atoms with van der Waals surface area (Å²) in [6.07, 6.45) is -6.99. The van der Waals surface area contributed by atoms with Gasteiger partial charge in [0.2, 0.25) is 6.29 Å². The normalized spacial score (nSPS) is 24.8. The molecule has 1 aliphatic rings. The number of aliphatic hydroxyl groups is 2. The molecule has 1 aromatic rings. The summed E-state index contributed by atoms with van der Waals surface area (Å²) in [6.45, 7) is 9.51. The highest BCUT2D eigenvalue weighted by molar-refractivity contribution is 5.73. The van der Waals surface area contributed by atoms with Gasteiger partial charge in [-0.2, -0.15) is 4.91 Å². The number of nitroso groups, excluding NO2 is 1. The van der Waals surface area contributed by atoms with E-state index in [4.69, 9.17) is 14.2 Å². The number of nitrogens with zero attached hydrogens (tertiary/aromatic N) is 1. The average molecular weight is 456 g/mol. The standard InChI is InChI=1S/C19H26N2O9.C2H6/c1-9(2)20-7-12-5-4-11(8-28-10(3)22)6-13(12)29-19-14(21-27)15(23)16(24)17(30-19)18(25)26;1-2/h4-6,9,14-17,19-20,23-24H,7-8H2,1-3H3,(H,25,26);1-2H3. The van der Waals surface area contributed by atoms with E-state index in [2.05, 4.69) is 10.5 Å². The third kappa shape index (κ3) is 7.52. The SMILES string of the molecule is CC.CC(=O)OCc1ccc(CNC(C)C)c(OC2OC(C(=O)O)C(O)C(O)C2N=O)c1.